The summed E-state index contributed by atoms with van der Waals surface area (Å²) in [4.78, 5) is 0. The molecule has 19 heavy (non-hydrogen) atoms. The summed E-state index contributed by atoms with van der Waals surface area (Å²) in [5, 5.41) is 4.24. The van der Waals surface area contributed by atoms with E-state index in [1.165, 1.54) is 0 Å². The summed E-state index contributed by atoms with van der Waals surface area (Å²) in [5.74, 6) is 2.06. The van der Waals surface area contributed by atoms with E-state index in [1.807, 2.05) is 33.0 Å². The van der Waals surface area contributed by atoms with Gasteiger partial charge in [-0.3, -0.25) is 4.68 Å². The van der Waals surface area contributed by atoms with Crippen LogP contribution >= 0.6 is 0 Å². The van der Waals surface area contributed by atoms with Crippen LogP contribution in [0.25, 0.3) is 11.1 Å². The van der Waals surface area contributed by atoms with E-state index in [9.17, 15) is 0 Å². The molecule has 102 valence electrons. The molecule has 0 aliphatic rings. The van der Waals surface area contributed by atoms with Crippen LogP contribution in [-0.2, 0) is 7.05 Å². The summed E-state index contributed by atoms with van der Waals surface area (Å²) in [6.45, 7) is 3.95. The summed E-state index contributed by atoms with van der Waals surface area (Å²) >= 11 is 0. The second-order valence-corrected chi connectivity index (χ2v) is 4.44. The maximum absolute atomic E-state index is 6.00. The zero-order valence-corrected chi connectivity index (χ0v) is 11.9. The molecule has 1 aromatic carbocycles. The van der Waals surface area contributed by atoms with E-state index in [1.54, 1.807) is 18.9 Å². The van der Waals surface area contributed by atoms with Crippen molar-refractivity contribution < 1.29 is 9.47 Å². The number of rotatable bonds is 3. The lowest BCUT2D eigenvalue weighted by atomic mass is 10.0. The molecule has 1 heterocycles. The topological polar surface area (TPSA) is 62.3 Å². The molecule has 0 bridgehead atoms. The molecule has 2 rings (SSSR count). The van der Waals surface area contributed by atoms with Crippen LogP contribution in [0.3, 0.4) is 0 Å². The summed E-state index contributed by atoms with van der Waals surface area (Å²) in [6, 6.07) is 3.87. The maximum Gasteiger partial charge on any atom is 0.153 e. The third-order valence-corrected chi connectivity index (χ3v) is 3.41. The Morgan fingerprint density at radius 2 is 1.84 bits per heavy atom. The first-order chi connectivity index (χ1) is 9.01. The number of hydrogen-bond acceptors (Lipinski definition) is 4. The Balaban J connectivity index is 2.72. The van der Waals surface area contributed by atoms with Gasteiger partial charge < -0.3 is 15.2 Å². The van der Waals surface area contributed by atoms with Crippen LogP contribution in [0.2, 0.25) is 0 Å². The molecule has 0 saturated carbocycles. The molecule has 5 nitrogen and oxygen atoms in total. The number of aryl methyl sites for hydroxylation is 1. The van der Waals surface area contributed by atoms with E-state index in [0.717, 1.165) is 33.9 Å². The normalized spacial score (nSPS) is 10.6. The minimum Gasteiger partial charge on any atom is -0.496 e. The molecule has 5 heteroatoms. The Hall–Kier alpha value is -2.17. The minimum absolute atomic E-state index is 0.503. The van der Waals surface area contributed by atoms with Gasteiger partial charge in [-0.25, -0.2) is 0 Å². The molecule has 0 aliphatic heterocycles. The van der Waals surface area contributed by atoms with Crippen LogP contribution in [-0.4, -0.2) is 24.0 Å². The lowest BCUT2D eigenvalue weighted by molar-refractivity contribution is 0.390. The maximum atomic E-state index is 6.00. The first kappa shape index (κ1) is 13.3. The molecule has 0 saturated heterocycles. The largest absolute Gasteiger partial charge is 0.496 e. The van der Waals surface area contributed by atoms with Gasteiger partial charge in [0.15, 0.2) is 5.82 Å². The average molecular weight is 261 g/mol. The van der Waals surface area contributed by atoms with Crippen LogP contribution < -0.4 is 15.2 Å². The molecular weight excluding hydrogens is 242 g/mol. The SMILES string of the molecule is COc1ccc(-c2c(N)nn(C)c2C)c(OC)c1C. The smallest absolute Gasteiger partial charge is 0.153 e. The molecule has 2 aromatic rings. The number of hydrogen-bond donors (Lipinski definition) is 1. The van der Waals surface area contributed by atoms with E-state index in [0.29, 0.717) is 5.82 Å². The van der Waals surface area contributed by atoms with Gasteiger partial charge in [0.05, 0.1) is 19.8 Å². The van der Waals surface area contributed by atoms with Crippen molar-refractivity contribution >= 4 is 5.82 Å². The predicted molar refractivity (Wildman–Crippen MR) is 75.6 cm³/mol. The van der Waals surface area contributed by atoms with Gasteiger partial charge in [0.1, 0.15) is 11.5 Å². The van der Waals surface area contributed by atoms with Gasteiger partial charge in [-0.2, -0.15) is 5.10 Å². The summed E-state index contributed by atoms with van der Waals surface area (Å²) in [5.41, 5.74) is 9.79. The van der Waals surface area contributed by atoms with Crippen molar-refractivity contribution in [3.63, 3.8) is 0 Å². The van der Waals surface area contributed by atoms with E-state index >= 15 is 0 Å². The Morgan fingerprint density at radius 1 is 1.16 bits per heavy atom. The zero-order chi connectivity index (χ0) is 14.2. The lowest BCUT2D eigenvalue weighted by Gasteiger charge is -2.14. The number of nitrogens with zero attached hydrogens (tertiary/aromatic N) is 2. The fourth-order valence-corrected chi connectivity index (χ4v) is 2.32. The number of benzene rings is 1. The summed E-state index contributed by atoms with van der Waals surface area (Å²) in [7, 11) is 5.16. The number of methoxy groups -OCH3 is 2. The second kappa shape index (κ2) is 4.84. The van der Waals surface area contributed by atoms with Crippen molar-refractivity contribution in [1.29, 1.82) is 0 Å². The zero-order valence-electron chi connectivity index (χ0n) is 11.9. The summed E-state index contributed by atoms with van der Waals surface area (Å²) in [6.07, 6.45) is 0. The number of nitrogen functional groups attached to an aromatic ring is 1. The quantitative estimate of drug-likeness (QED) is 0.921. The molecule has 0 fully saturated rings. The number of anilines is 1. The highest BCUT2D eigenvalue weighted by Gasteiger charge is 2.19. The first-order valence-corrected chi connectivity index (χ1v) is 6.02. The lowest BCUT2D eigenvalue weighted by Crippen LogP contribution is -1.97. The Labute approximate surface area is 112 Å². The van der Waals surface area contributed by atoms with Crippen molar-refractivity contribution in [2.24, 2.45) is 7.05 Å². The second-order valence-electron chi connectivity index (χ2n) is 4.44. The molecule has 2 N–H and O–H groups in total. The first-order valence-electron chi connectivity index (χ1n) is 6.02. The molecule has 0 atom stereocenters. The molecule has 0 amide bonds. The van der Waals surface area contributed by atoms with Gasteiger partial charge in [-0.1, -0.05) is 0 Å². The van der Waals surface area contributed by atoms with Crippen molar-refractivity contribution in [1.82, 2.24) is 9.78 Å². The van der Waals surface area contributed by atoms with Crippen LogP contribution in [0.4, 0.5) is 5.82 Å². The highest BCUT2D eigenvalue weighted by molar-refractivity contribution is 5.82. The molecule has 1 aromatic heterocycles. The van der Waals surface area contributed by atoms with Gasteiger partial charge in [0.25, 0.3) is 0 Å². The minimum atomic E-state index is 0.503. The van der Waals surface area contributed by atoms with Gasteiger partial charge >= 0.3 is 0 Å². The summed E-state index contributed by atoms with van der Waals surface area (Å²) < 4.78 is 12.6. The van der Waals surface area contributed by atoms with Crippen molar-refractivity contribution in [3.05, 3.63) is 23.4 Å². The fraction of sp³-hybridized carbons (Fsp3) is 0.357. The predicted octanol–water partition coefficient (Wildman–Crippen LogP) is 2.30. The van der Waals surface area contributed by atoms with Crippen LogP contribution in [0.1, 0.15) is 11.3 Å². The number of nitrogens with two attached hydrogens (primary N) is 1. The monoisotopic (exact) mass is 261 g/mol. The molecule has 0 unspecified atom stereocenters. The molecule has 0 aliphatic carbocycles. The number of ether oxygens (including phenoxy) is 2. The Bertz CT molecular complexity index is 618. The average Bonchev–Trinajstić information content (AvgIpc) is 2.63. The molecular formula is C14H19N3O2. The van der Waals surface area contributed by atoms with E-state index in [-0.39, 0.29) is 0 Å². The third kappa shape index (κ3) is 2.01. The van der Waals surface area contributed by atoms with Crippen LogP contribution in [0.5, 0.6) is 11.5 Å². The molecule has 0 spiro atoms. The van der Waals surface area contributed by atoms with E-state index in [2.05, 4.69) is 5.10 Å². The molecule has 0 radical (unpaired) electrons. The highest BCUT2D eigenvalue weighted by Crippen LogP contribution is 2.40. The van der Waals surface area contributed by atoms with Gasteiger partial charge in [-0.05, 0) is 26.0 Å². The highest BCUT2D eigenvalue weighted by atomic mass is 16.5. The van der Waals surface area contributed by atoms with Crippen molar-refractivity contribution in [2.75, 3.05) is 20.0 Å². The Kier molecular flexibility index (Phi) is 3.38. The van der Waals surface area contributed by atoms with Gasteiger partial charge in [0, 0.05) is 23.9 Å². The van der Waals surface area contributed by atoms with Crippen LogP contribution in [0, 0.1) is 13.8 Å². The van der Waals surface area contributed by atoms with Gasteiger partial charge in [0.2, 0.25) is 0 Å². The third-order valence-electron chi connectivity index (χ3n) is 3.41. The fourth-order valence-electron chi connectivity index (χ4n) is 2.32. The van der Waals surface area contributed by atoms with Crippen molar-refractivity contribution in [2.45, 2.75) is 13.8 Å². The van der Waals surface area contributed by atoms with Crippen molar-refractivity contribution in [3.8, 4) is 22.6 Å². The number of aromatic nitrogens is 2. The van der Waals surface area contributed by atoms with E-state index in [4.69, 9.17) is 15.2 Å². The van der Waals surface area contributed by atoms with Crippen LogP contribution in [0.15, 0.2) is 12.1 Å². The van der Waals surface area contributed by atoms with E-state index < -0.39 is 0 Å². The standard InChI is InChI=1S/C14H19N3O2/c1-8-11(18-4)7-6-10(13(8)19-5)12-9(2)17(3)16-14(12)15/h6-7H,1-5H3,(H2,15,16). The Morgan fingerprint density at radius 3 is 2.32 bits per heavy atom. The van der Waals surface area contributed by atoms with Gasteiger partial charge in [-0.15, -0.1) is 0 Å².